The SMILES string of the molecule is CC1COC(CN)CN1C(=O)c1cc(O)cc(O)c1. The molecule has 6 heteroatoms. The lowest BCUT2D eigenvalue weighted by molar-refractivity contribution is -0.0426. The zero-order chi connectivity index (χ0) is 14.0. The Morgan fingerprint density at radius 2 is 2.05 bits per heavy atom. The maximum atomic E-state index is 12.4. The van der Waals surface area contributed by atoms with Gasteiger partial charge in [-0.3, -0.25) is 4.79 Å². The molecule has 1 aliphatic rings. The molecule has 2 unspecified atom stereocenters. The van der Waals surface area contributed by atoms with Crippen LogP contribution in [0.25, 0.3) is 0 Å². The first-order chi connectivity index (χ1) is 9.01. The molecule has 4 N–H and O–H groups in total. The number of morpholine rings is 1. The molecule has 104 valence electrons. The maximum absolute atomic E-state index is 12.4. The zero-order valence-corrected chi connectivity index (χ0v) is 10.7. The second-order valence-corrected chi connectivity index (χ2v) is 4.74. The van der Waals surface area contributed by atoms with Crippen molar-refractivity contribution in [2.24, 2.45) is 5.73 Å². The number of nitrogens with two attached hydrogens (primary N) is 1. The third kappa shape index (κ3) is 2.97. The van der Waals surface area contributed by atoms with E-state index in [0.29, 0.717) is 19.7 Å². The summed E-state index contributed by atoms with van der Waals surface area (Å²) in [6.45, 7) is 3.07. The van der Waals surface area contributed by atoms with Gasteiger partial charge >= 0.3 is 0 Å². The van der Waals surface area contributed by atoms with Crippen LogP contribution in [-0.4, -0.2) is 52.9 Å². The van der Waals surface area contributed by atoms with Crippen LogP contribution in [0.2, 0.25) is 0 Å². The Morgan fingerprint density at radius 3 is 2.63 bits per heavy atom. The Morgan fingerprint density at radius 1 is 1.42 bits per heavy atom. The lowest BCUT2D eigenvalue weighted by Gasteiger charge is -2.37. The molecule has 0 aromatic heterocycles. The van der Waals surface area contributed by atoms with Crippen LogP contribution in [0.4, 0.5) is 0 Å². The highest BCUT2D eigenvalue weighted by molar-refractivity contribution is 5.95. The van der Waals surface area contributed by atoms with Crippen molar-refractivity contribution >= 4 is 5.91 Å². The summed E-state index contributed by atoms with van der Waals surface area (Å²) >= 11 is 0. The van der Waals surface area contributed by atoms with Gasteiger partial charge in [0.25, 0.3) is 5.91 Å². The average Bonchev–Trinajstić information content (AvgIpc) is 2.37. The first-order valence-electron chi connectivity index (χ1n) is 6.17. The van der Waals surface area contributed by atoms with Gasteiger partial charge in [0.15, 0.2) is 0 Å². The number of amides is 1. The van der Waals surface area contributed by atoms with E-state index in [1.807, 2.05) is 6.92 Å². The smallest absolute Gasteiger partial charge is 0.254 e. The third-order valence-corrected chi connectivity index (χ3v) is 3.18. The van der Waals surface area contributed by atoms with Crippen LogP contribution >= 0.6 is 0 Å². The Hall–Kier alpha value is -1.79. The summed E-state index contributed by atoms with van der Waals surface area (Å²) in [5, 5.41) is 18.9. The number of hydrogen-bond donors (Lipinski definition) is 3. The molecule has 2 atom stereocenters. The van der Waals surface area contributed by atoms with Gasteiger partial charge in [-0.2, -0.15) is 0 Å². The minimum atomic E-state index is -0.250. The molecule has 1 fully saturated rings. The number of benzene rings is 1. The standard InChI is InChI=1S/C13H18N2O4/c1-8-7-19-12(5-14)6-15(8)13(18)9-2-10(16)4-11(17)3-9/h2-4,8,12,16-17H,5-7,14H2,1H3. The van der Waals surface area contributed by atoms with Crippen LogP contribution in [0.15, 0.2) is 18.2 Å². The molecular weight excluding hydrogens is 248 g/mol. The van der Waals surface area contributed by atoms with E-state index < -0.39 is 0 Å². The van der Waals surface area contributed by atoms with Crippen molar-refractivity contribution in [1.29, 1.82) is 0 Å². The fourth-order valence-electron chi connectivity index (χ4n) is 2.13. The molecule has 1 heterocycles. The number of aromatic hydroxyl groups is 2. The van der Waals surface area contributed by atoms with Gasteiger partial charge in [0.2, 0.25) is 0 Å². The number of hydrogen-bond acceptors (Lipinski definition) is 5. The highest BCUT2D eigenvalue weighted by atomic mass is 16.5. The Kier molecular flexibility index (Phi) is 3.92. The molecule has 1 aliphatic heterocycles. The zero-order valence-electron chi connectivity index (χ0n) is 10.7. The van der Waals surface area contributed by atoms with Crippen LogP contribution in [-0.2, 0) is 4.74 Å². The van der Waals surface area contributed by atoms with Crippen LogP contribution < -0.4 is 5.73 Å². The van der Waals surface area contributed by atoms with Crippen molar-refractivity contribution in [2.75, 3.05) is 19.7 Å². The monoisotopic (exact) mass is 266 g/mol. The van der Waals surface area contributed by atoms with E-state index in [4.69, 9.17) is 10.5 Å². The molecule has 0 radical (unpaired) electrons. The summed E-state index contributed by atoms with van der Waals surface area (Å²) in [7, 11) is 0. The fourth-order valence-corrected chi connectivity index (χ4v) is 2.13. The van der Waals surface area contributed by atoms with Crippen LogP contribution in [0, 0.1) is 0 Å². The maximum Gasteiger partial charge on any atom is 0.254 e. The van der Waals surface area contributed by atoms with Gasteiger partial charge in [-0.25, -0.2) is 0 Å². The largest absolute Gasteiger partial charge is 0.508 e. The highest BCUT2D eigenvalue weighted by Gasteiger charge is 2.29. The minimum absolute atomic E-state index is 0.0696. The average molecular weight is 266 g/mol. The normalized spacial score (nSPS) is 23.4. The van der Waals surface area contributed by atoms with Gasteiger partial charge in [-0.05, 0) is 19.1 Å². The number of carbonyl (C=O) groups excluding carboxylic acids is 1. The molecule has 6 nitrogen and oxygen atoms in total. The molecule has 1 aromatic rings. The molecule has 0 bridgehead atoms. The summed E-state index contributed by atoms with van der Waals surface area (Å²) in [6.07, 6.45) is -0.175. The predicted octanol–water partition coefficient (Wildman–Crippen LogP) is 0.286. The van der Waals surface area contributed by atoms with Gasteiger partial charge in [0.1, 0.15) is 11.5 Å². The first-order valence-corrected chi connectivity index (χ1v) is 6.17. The summed E-state index contributed by atoms with van der Waals surface area (Å²) in [6, 6.07) is 3.78. The molecule has 19 heavy (non-hydrogen) atoms. The van der Waals surface area contributed by atoms with E-state index in [0.717, 1.165) is 0 Å². The lowest BCUT2D eigenvalue weighted by atomic mass is 10.1. The van der Waals surface area contributed by atoms with E-state index in [1.165, 1.54) is 18.2 Å². The quantitative estimate of drug-likeness (QED) is 0.715. The number of phenols is 2. The van der Waals surface area contributed by atoms with E-state index in [2.05, 4.69) is 0 Å². The first kappa shape index (κ1) is 13.6. The second kappa shape index (κ2) is 5.46. The summed E-state index contributed by atoms with van der Waals surface area (Å²) in [5.41, 5.74) is 5.81. The van der Waals surface area contributed by atoms with Crippen molar-refractivity contribution in [3.8, 4) is 11.5 Å². The van der Waals surface area contributed by atoms with Gasteiger partial charge in [0.05, 0.1) is 18.8 Å². The summed E-state index contributed by atoms with van der Waals surface area (Å²) in [4.78, 5) is 14.0. The van der Waals surface area contributed by atoms with E-state index in [1.54, 1.807) is 4.90 Å². The molecule has 0 saturated carbocycles. The Balaban J connectivity index is 2.21. The molecule has 1 aromatic carbocycles. The number of rotatable bonds is 2. The van der Waals surface area contributed by atoms with E-state index >= 15 is 0 Å². The number of phenolic OH excluding ortho intramolecular Hbond substituents is 2. The van der Waals surface area contributed by atoms with Gasteiger partial charge in [-0.15, -0.1) is 0 Å². The van der Waals surface area contributed by atoms with E-state index in [9.17, 15) is 15.0 Å². The van der Waals surface area contributed by atoms with Gasteiger partial charge in [-0.1, -0.05) is 0 Å². The van der Waals surface area contributed by atoms with E-state index in [-0.39, 0.29) is 35.1 Å². The number of ether oxygens (including phenoxy) is 1. The topological polar surface area (TPSA) is 96.0 Å². The summed E-state index contributed by atoms with van der Waals surface area (Å²) in [5.74, 6) is -0.528. The molecular formula is C13H18N2O4. The van der Waals surface area contributed by atoms with Crippen molar-refractivity contribution in [2.45, 2.75) is 19.1 Å². The molecule has 2 rings (SSSR count). The molecule has 0 spiro atoms. The van der Waals surface area contributed by atoms with Crippen molar-refractivity contribution in [1.82, 2.24) is 4.90 Å². The Labute approximate surface area is 111 Å². The number of carbonyl (C=O) groups is 1. The van der Waals surface area contributed by atoms with Crippen molar-refractivity contribution in [3.05, 3.63) is 23.8 Å². The van der Waals surface area contributed by atoms with Crippen LogP contribution in [0.3, 0.4) is 0 Å². The third-order valence-electron chi connectivity index (χ3n) is 3.18. The second-order valence-electron chi connectivity index (χ2n) is 4.74. The van der Waals surface area contributed by atoms with Gasteiger partial charge in [0, 0.05) is 24.7 Å². The van der Waals surface area contributed by atoms with Crippen molar-refractivity contribution in [3.63, 3.8) is 0 Å². The van der Waals surface area contributed by atoms with Crippen molar-refractivity contribution < 1.29 is 19.7 Å². The van der Waals surface area contributed by atoms with Crippen LogP contribution in [0.1, 0.15) is 17.3 Å². The molecule has 1 amide bonds. The molecule has 0 aliphatic carbocycles. The fraction of sp³-hybridized carbons (Fsp3) is 0.462. The summed E-state index contributed by atoms with van der Waals surface area (Å²) < 4.78 is 5.49. The predicted molar refractivity (Wildman–Crippen MR) is 69.1 cm³/mol. The minimum Gasteiger partial charge on any atom is -0.508 e. The van der Waals surface area contributed by atoms with Crippen LogP contribution in [0.5, 0.6) is 11.5 Å². The Bertz CT molecular complexity index is 457. The van der Waals surface area contributed by atoms with Gasteiger partial charge < -0.3 is 25.6 Å². The molecule has 1 saturated heterocycles. The lowest BCUT2D eigenvalue weighted by Crippen LogP contribution is -2.52. The number of nitrogens with zero attached hydrogens (tertiary/aromatic N) is 1. The highest BCUT2D eigenvalue weighted by Crippen LogP contribution is 2.23.